The molecule has 1 aromatic carbocycles. The van der Waals surface area contributed by atoms with Crippen molar-refractivity contribution in [2.75, 3.05) is 5.32 Å². The first kappa shape index (κ1) is 15.9. The van der Waals surface area contributed by atoms with Gasteiger partial charge in [0.2, 0.25) is 0 Å². The number of aromatic amines is 1. The van der Waals surface area contributed by atoms with Crippen molar-refractivity contribution in [1.29, 1.82) is 0 Å². The number of hydrogen-bond donors (Lipinski definition) is 2. The topological polar surface area (TPSA) is 79.9 Å². The number of H-pyrrole nitrogens is 1. The van der Waals surface area contributed by atoms with E-state index in [1.165, 1.54) is 19.0 Å². The summed E-state index contributed by atoms with van der Waals surface area (Å²) in [6.45, 7) is 0. The van der Waals surface area contributed by atoms with Gasteiger partial charge in [-0.3, -0.25) is 4.79 Å². The Hall–Kier alpha value is -2.60. The minimum absolute atomic E-state index is 0.241. The SMILES string of the molecule is O=C(Nc1ccc(OC2CCCC2)c(Cl)c1)c1cnc2nc[nH]c2c1. The van der Waals surface area contributed by atoms with Crippen LogP contribution in [0.15, 0.2) is 36.8 Å². The number of fused-ring (bicyclic) bond motifs is 1. The molecule has 128 valence electrons. The molecule has 0 radical (unpaired) electrons. The Labute approximate surface area is 149 Å². The number of amides is 1. The molecule has 0 aliphatic heterocycles. The molecule has 0 saturated heterocycles. The van der Waals surface area contributed by atoms with E-state index in [1.807, 2.05) is 0 Å². The molecule has 2 heterocycles. The molecule has 0 spiro atoms. The predicted molar refractivity (Wildman–Crippen MR) is 96.2 cm³/mol. The van der Waals surface area contributed by atoms with Gasteiger partial charge in [0, 0.05) is 11.9 Å². The highest BCUT2D eigenvalue weighted by atomic mass is 35.5. The van der Waals surface area contributed by atoms with Crippen molar-refractivity contribution in [2.45, 2.75) is 31.8 Å². The summed E-state index contributed by atoms with van der Waals surface area (Å²) in [6.07, 6.45) is 7.82. The number of hydrogen-bond acceptors (Lipinski definition) is 4. The van der Waals surface area contributed by atoms with Gasteiger partial charge < -0.3 is 15.0 Å². The number of nitrogens with one attached hydrogen (secondary N) is 2. The summed E-state index contributed by atoms with van der Waals surface area (Å²) >= 11 is 6.30. The van der Waals surface area contributed by atoms with Crippen LogP contribution in [0.5, 0.6) is 5.75 Å². The van der Waals surface area contributed by atoms with Gasteiger partial charge in [0.15, 0.2) is 5.65 Å². The molecule has 2 aromatic heterocycles. The third kappa shape index (κ3) is 3.44. The molecule has 3 aromatic rings. The summed E-state index contributed by atoms with van der Waals surface area (Å²) in [4.78, 5) is 23.5. The number of aromatic nitrogens is 3. The van der Waals surface area contributed by atoms with E-state index in [-0.39, 0.29) is 12.0 Å². The fourth-order valence-corrected chi connectivity index (χ4v) is 3.24. The maximum absolute atomic E-state index is 12.4. The molecule has 1 aliphatic rings. The van der Waals surface area contributed by atoms with Crippen molar-refractivity contribution in [3.63, 3.8) is 0 Å². The molecule has 0 unspecified atom stereocenters. The minimum Gasteiger partial charge on any atom is -0.489 e. The molecule has 2 N–H and O–H groups in total. The monoisotopic (exact) mass is 356 g/mol. The number of imidazole rings is 1. The van der Waals surface area contributed by atoms with E-state index >= 15 is 0 Å². The maximum atomic E-state index is 12.4. The number of nitrogens with zero attached hydrogens (tertiary/aromatic N) is 2. The van der Waals surface area contributed by atoms with E-state index in [9.17, 15) is 4.79 Å². The standard InChI is InChI=1S/C18H17ClN4O2/c19-14-8-12(5-6-16(14)25-13-3-1-2-4-13)23-18(24)11-7-15-17(20-9-11)22-10-21-15/h5-10,13H,1-4H2,(H,23,24)(H,20,21,22). The quantitative estimate of drug-likeness (QED) is 0.734. The lowest BCUT2D eigenvalue weighted by atomic mass is 10.2. The number of pyridine rings is 1. The molecule has 1 aliphatic carbocycles. The third-order valence-corrected chi connectivity index (χ3v) is 4.62. The van der Waals surface area contributed by atoms with Crippen LogP contribution < -0.4 is 10.1 Å². The van der Waals surface area contributed by atoms with E-state index in [0.29, 0.717) is 33.2 Å². The van der Waals surface area contributed by atoms with Gasteiger partial charge >= 0.3 is 0 Å². The zero-order chi connectivity index (χ0) is 17.2. The van der Waals surface area contributed by atoms with Crippen molar-refractivity contribution in [1.82, 2.24) is 15.0 Å². The second kappa shape index (κ2) is 6.72. The Kier molecular flexibility index (Phi) is 4.28. The normalized spacial score (nSPS) is 14.8. The summed E-state index contributed by atoms with van der Waals surface area (Å²) < 4.78 is 5.92. The average molecular weight is 357 g/mol. The van der Waals surface area contributed by atoms with Crippen molar-refractivity contribution in [3.05, 3.63) is 47.4 Å². The molecule has 1 saturated carbocycles. The minimum atomic E-state index is -0.260. The number of anilines is 1. The van der Waals surface area contributed by atoms with Crippen molar-refractivity contribution >= 4 is 34.4 Å². The Morgan fingerprint density at radius 2 is 2.08 bits per heavy atom. The van der Waals surface area contributed by atoms with Crippen molar-refractivity contribution in [2.24, 2.45) is 0 Å². The Balaban J connectivity index is 1.47. The second-order valence-electron chi connectivity index (χ2n) is 6.12. The van der Waals surface area contributed by atoms with Gasteiger partial charge in [0.25, 0.3) is 5.91 Å². The Morgan fingerprint density at radius 3 is 2.88 bits per heavy atom. The lowest BCUT2D eigenvalue weighted by molar-refractivity contribution is 0.102. The Bertz CT molecular complexity index is 918. The molecule has 25 heavy (non-hydrogen) atoms. The number of rotatable bonds is 4. The van der Waals surface area contributed by atoms with E-state index in [2.05, 4.69) is 20.3 Å². The molecule has 0 atom stereocenters. The summed E-state index contributed by atoms with van der Waals surface area (Å²) in [7, 11) is 0. The molecule has 7 heteroatoms. The number of halogens is 1. The molecule has 0 bridgehead atoms. The van der Waals surface area contributed by atoms with Crippen molar-refractivity contribution in [3.8, 4) is 5.75 Å². The lowest BCUT2D eigenvalue weighted by Gasteiger charge is -2.15. The first-order chi connectivity index (χ1) is 12.2. The molecule has 1 amide bonds. The van der Waals surface area contributed by atoms with Gasteiger partial charge in [-0.1, -0.05) is 11.6 Å². The molecule has 1 fully saturated rings. The van der Waals surface area contributed by atoms with E-state index in [1.54, 1.807) is 30.6 Å². The molecular formula is C18H17ClN4O2. The van der Waals surface area contributed by atoms with Crippen LogP contribution in [-0.4, -0.2) is 27.0 Å². The lowest BCUT2D eigenvalue weighted by Crippen LogP contribution is -2.13. The molecule has 4 rings (SSSR count). The van der Waals surface area contributed by atoms with Gasteiger partial charge in [-0.2, -0.15) is 0 Å². The molecular weight excluding hydrogens is 340 g/mol. The summed E-state index contributed by atoms with van der Waals surface area (Å²) in [6, 6.07) is 7.00. The summed E-state index contributed by atoms with van der Waals surface area (Å²) in [5.74, 6) is 0.400. The van der Waals surface area contributed by atoms with Gasteiger partial charge in [0.05, 0.1) is 28.5 Å². The maximum Gasteiger partial charge on any atom is 0.257 e. The van der Waals surface area contributed by atoms with Crippen LogP contribution in [0.2, 0.25) is 5.02 Å². The number of carbonyl (C=O) groups excluding carboxylic acids is 1. The largest absolute Gasteiger partial charge is 0.489 e. The highest BCUT2D eigenvalue weighted by molar-refractivity contribution is 6.32. The smallest absolute Gasteiger partial charge is 0.257 e. The van der Waals surface area contributed by atoms with Crippen LogP contribution in [-0.2, 0) is 0 Å². The fourth-order valence-electron chi connectivity index (χ4n) is 3.02. The van der Waals surface area contributed by atoms with E-state index in [0.717, 1.165) is 12.8 Å². The van der Waals surface area contributed by atoms with Crippen LogP contribution in [0, 0.1) is 0 Å². The average Bonchev–Trinajstić information content (AvgIpc) is 3.28. The van der Waals surface area contributed by atoms with Gasteiger partial charge in [0.1, 0.15) is 5.75 Å². The van der Waals surface area contributed by atoms with E-state index < -0.39 is 0 Å². The van der Waals surface area contributed by atoms with Crippen LogP contribution in [0.25, 0.3) is 11.2 Å². The first-order valence-corrected chi connectivity index (χ1v) is 8.63. The number of ether oxygens (including phenoxy) is 1. The number of benzene rings is 1. The molecule has 6 nitrogen and oxygen atoms in total. The van der Waals surface area contributed by atoms with Crippen LogP contribution in [0.4, 0.5) is 5.69 Å². The highest BCUT2D eigenvalue weighted by Gasteiger charge is 2.18. The van der Waals surface area contributed by atoms with Crippen LogP contribution in [0.3, 0.4) is 0 Å². The zero-order valence-electron chi connectivity index (χ0n) is 13.5. The van der Waals surface area contributed by atoms with Gasteiger partial charge in [-0.05, 0) is 49.9 Å². The highest BCUT2D eigenvalue weighted by Crippen LogP contribution is 2.31. The van der Waals surface area contributed by atoms with Gasteiger partial charge in [-0.25, -0.2) is 9.97 Å². The first-order valence-electron chi connectivity index (χ1n) is 8.26. The Morgan fingerprint density at radius 1 is 1.24 bits per heavy atom. The number of carbonyl (C=O) groups is 1. The second-order valence-corrected chi connectivity index (χ2v) is 6.53. The predicted octanol–water partition coefficient (Wildman–Crippen LogP) is 4.19. The fraction of sp³-hybridized carbons (Fsp3) is 0.278. The van der Waals surface area contributed by atoms with Gasteiger partial charge in [-0.15, -0.1) is 0 Å². The van der Waals surface area contributed by atoms with E-state index in [4.69, 9.17) is 16.3 Å². The van der Waals surface area contributed by atoms with Crippen LogP contribution in [0.1, 0.15) is 36.0 Å². The van der Waals surface area contributed by atoms with Crippen molar-refractivity contribution < 1.29 is 9.53 Å². The summed E-state index contributed by atoms with van der Waals surface area (Å²) in [5.41, 5.74) is 2.34. The van der Waals surface area contributed by atoms with Crippen LogP contribution >= 0.6 is 11.6 Å². The zero-order valence-corrected chi connectivity index (χ0v) is 14.2. The third-order valence-electron chi connectivity index (χ3n) is 4.32. The summed E-state index contributed by atoms with van der Waals surface area (Å²) in [5, 5.41) is 3.32.